The van der Waals surface area contributed by atoms with Gasteiger partial charge in [-0.15, -0.1) is 0 Å². The Kier molecular flexibility index (Phi) is 9.46. The number of hydrogen-bond acceptors (Lipinski definition) is 10. The number of hydrogen-bond donors (Lipinski definition) is 0. The van der Waals surface area contributed by atoms with Crippen molar-refractivity contribution in [1.29, 1.82) is 0 Å². The van der Waals surface area contributed by atoms with Gasteiger partial charge in [0.2, 0.25) is 0 Å². The Morgan fingerprint density at radius 2 is 1.15 bits per heavy atom. The van der Waals surface area contributed by atoms with Gasteiger partial charge in [-0.2, -0.15) is 0 Å². The molecule has 0 N–H and O–H groups in total. The summed E-state index contributed by atoms with van der Waals surface area (Å²) in [5, 5.41) is 0. The van der Waals surface area contributed by atoms with E-state index in [1.165, 1.54) is 18.7 Å². The number of thioether (sulfide) groups is 1. The van der Waals surface area contributed by atoms with Crippen LogP contribution < -0.4 is 0 Å². The second-order valence-corrected chi connectivity index (χ2v) is 11.9. The lowest BCUT2D eigenvalue weighted by atomic mass is 9.95. The van der Waals surface area contributed by atoms with Gasteiger partial charge in [0.15, 0.2) is 12.2 Å². The molecule has 47 heavy (non-hydrogen) atoms. The second kappa shape index (κ2) is 14.0. The van der Waals surface area contributed by atoms with E-state index in [0.717, 1.165) is 9.80 Å². The molecule has 10 nitrogen and oxygen atoms in total. The van der Waals surface area contributed by atoms with Gasteiger partial charge in [-0.25, -0.2) is 9.59 Å². The Balaban J connectivity index is 1.48. The molecule has 11 heteroatoms. The predicted octanol–water partition coefficient (Wildman–Crippen LogP) is 5.18. The first-order valence-corrected chi connectivity index (χ1v) is 15.7. The number of carbonyl (C=O) groups excluding carboxylic acids is 5. The quantitative estimate of drug-likeness (QED) is 0.136. The molecule has 5 atom stereocenters. The van der Waals surface area contributed by atoms with E-state index in [4.69, 9.17) is 18.9 Å². The summed E-state index contributed by atoms with van der Waals surface area (Å²) in [6, 6.07) is 30.5. The maximum atomic E-state index is 14.0. The minimum atomic E-state index is -1.45. The summed E-state index contributed by atoms with van der Waals surface area (Å²) >= 11 is 1.18. The number of nitrogens with zero attached hydrogens (tertiary/aromatic N) is 1. The third-order valence-electron chi connectivity index (χ3n) is 7.69. The third kappa shape index (κ3) is 6.81. The first-order valence-electron chi connectivity index (χ1n) is 14.8. The lowest BCUT2D eigenvalue weighted by molar-refractivity contribution is -0.191. The van der Waals surface area contributed by atoms with Gasteiger partial charge in [0, 0.05) is 11.8 Å². The summed E-state index contributed by atoms with van der Waals surface area (Å²) in [5.74, 6) is -3.41. The molecule has 238 valence electrons. The molecule has 0 aliphatic carbocycles. The number of rotatable bonds is 9. The number of benzene rings is 4. The molecule has 2 heterocycles. The van der Waals surface area contributed by atoms with Crippen molar-refractivity contribution in [3.8, 4) is 0 Å². The molecule has 4 aromatic carbocycles. The molecule has 0 saturated carbocycles. The molecule has 2 aliphatic heterocycles. The van der Waals surface area contributed by atoms with Crippen LogP contribution in [0.2, 0.25) is 0 Å². The fraction of sp³-hybridized carbons (Fsp3) is 0.194. The number of fused-ring (bicyclic) bond motifs is 1. The van der Waals surface area contributed by atoms with Crippen LogP contribution in [0.5, 0.6) is 0 Å². The van der Waals surface area contributed by atoms with Crippen molar-refractivity contribution >= 4 is 41.5 Å². The number of imide groups is 1. The van der Waals surface area contributed by atoms with Crippen LogP contribution in [0.1, 0.15) is 48.4 Å². The summed E-state index contributed by atoms with van der Waals surface area (Å²) in [6.07, 6.45) is -4.03. The van der Waals surface area contributed by atoms with Crippen LogP contribution in [0.15, 0.2) is 120 Å². The number of carbonyl (C=O) groups is 5. The molecule has 0 spiro atoms. The minimum Gasteiger partial charge on any atom is -0.463 e. The molecule has 0 radical (unpaired) electrons. The van der Waals surface area contributed by atoms with E-state index >= 15 is 0 Å². The van der Waals surface area contributed by atoms with Crippen molar-refractivity contribution in [2.24, 2.45) is 0 Å². The highest BCUT2D eigenvalue weighted by Crippen LogP contribution is 2.41. The van der Waals surface area contributed by atoms with E-state index in [0.29, 0.717) is 0 Å². The summed E-state index contributed by atoms with van der Waals surface area (Å²) in [4.78, 5) is 68.9. The minimum absolute atomic E-state index is 0.175. The average Bonchev–Trinajstić information content (AvgIpc) is 3.35. The summed E-state index contributed by atoms with van der Waals surface area (Å²) in [7, 11) is 0. The Labute approximate surface area is 274 Å². The molecule has 1 saturated heterocycles. The van der Waals surface area contributed by atoms with E-state index in [2.05, 4.69) is 0 Å². The topological polar surface area (TPSA) is 126 Å². The van der Waals surface area contributed by atoms with Crippen molar-refractivity contribution < 1.29 is 42.9 Å². The first kappa shape index (κ1) is 31.7. The molecular weight excluding hydrogens is 622 g/mol. The van der Waals surface area contributed by atoms with Crippen molar-refractivity contribution in [2.45, 2.75) is 41.6 Å². The van der Waals surface area contributed by atoms with Gasteiger partial charge in [-0.1, -0.05) is 78.5 Å². The predicted molar refractivity (Wildman–Crippen MR) is 170 cm³/mol. The lowest BCUT2D eigenvalue weighted by Gasteiger charge is -2.47. The second-order valence-electron chi connectivity index (χ2n) is 10.8. The van der Waals surface area contributed by atoms with Crippen molar-refractivity contribution in [1.82, 2.24) is 4.90 Å². The van der Waals surface area contributed by atoms with E-state index in [1.54, 1.807) is 84.9 Å². The van der Waals surface area contributed by atoms with E-state index in [1.807, 2.05) is 30.3 Å². The van der Waals surface area contributed by atoms with Crippen LogP contribution in [0, 0.1) is 0 Å². The Bertz CT molecular complexity index is 1750. The van der Waals surface area contributed by atoms with Gasteiger partial charge in [0.05, 0.1) is 22.3 Å². The van der Waals surface area contributed by atoms with Crippen LogP contribution in [0.3, 0.4) is 0 Å². The van der Waals surface area contributed by atoms with Gasteiger partial charge in [0.25, 0.3) is 11.8 Å². The first-order chi connectivity index (χ1) is 22.8. The fourth-order valence-corrected chi connectivity index (χ4v) is 6.71. The normalized spacial score (nSPS) is 21.9. The highest BCUT2D eigenvalue weighted by atomic mass is 32.2. The van der Waals surface area contributed by atoms with Crippen molar-refractivity contribution in [2.75, 3.05) is 6.61 Å². The zero-order valence-electron chi connectivity index (χ0n) is 25.1. The number of ether oxygens (including phenoxy) is 4. The summed E-state index contributed by atoms with van der Waals surface area (Å²) in [5.41, 5.74) is -0.315. The monoisotopic (exact) mass is 651 g/mol. The van der Waals surface area contributed by atoms with Gasteiger partial charge in [-0.05, 0) is 48.5 Å². The standard InChI is InChI=1S/C36H29NO9S/c1-22(38)43-21-28-30(45-34(41)23-13-5-2-6-14-23)31(46-35(42)24-15-7-3-8-16-24)29(36(44-28)47-25-17-9-4-10-18-25)37-32(39)26-19-11-12-20-27(26)33(37)40/h2-20,28-31,36H,21H2,1H3/t28-,29-,30-,31-,36+/m1/s1. The maximum Gasteiger partial charge on any atom is 0.338 e. The largest absolute Gasteiger partial charge is 0.463 e. The third-order valence-corrected chi connectivity index (χ3v) is 8.86. The van der Waals surface area contributed by atoms with Crippen molar-refractivity contribution in [3.63, 3.8) is 0 Å². The summed E-state index contributed by atoms with van der Waals surface area (Å²) < 4.78 is 24.0. The van der Waals surface area contributed by atoms with Crippen molar-refractivity contribution in [3.05, 3.63) is 138 Å². The molecule has 2 aliphatic rings. The molecule has 0 unspecified atom stereocenters. The molecule has 0 aromatic heterocycles. The molecule has 4 aromatic rings. The zero-order chi connectivity index (χ0) is 32.9. The van der Waals surface area contributed by atoms with Crippen LogP contribution in [0.4, 0.5) is 0 Å². The van der Waals surface area contributed by atoms with Gasteiger partial charge in [0.1, 0.15) is 24.2 Å². The average molecular weight is 652 g/mol. The Hall–Kier alpha value is -5.26. The molecular formula is C36H29NO9S. The van der Waals surface area contributed by atoms with Gasteiger partial charge >= 0.3 is 17.9 Å². The number of amides is 2. The van der Waals surface area contributed by atoms with Crippen LogP contribution in [-0.2, 0) is 23.7 Å². The zero-order valence-corrected chi connectivity index (χ0v) is 25.9. The SMILES string of the molecule is CC(=O)OC[C@H]1O[C@@H](Sc2ccccc2)[C@H](N2C(=O)c3ccccc3C2=O)[C@@H](OC(=O)c2ccccc2)[C@@H]1OC(=O)c1ccccc1. The highest BCUT2D eigenvalue weighted by Gasteiger charge is 2.57. The van der Waals surface area contributed by atoms with E-state index in [-0.39, 0.29) is 28.9 Å². The lowest BCUT2D eigenvalue weighted by Crippen LogP contribution is -2.66. The molecule has 2 amide bonds. The smallest absolute Gasteiger partial charge is 0.338 e. The summed E-state index contributed by atoms with van der Waals surface area (Å²) in [6.45, 7) is 0.848. The van der Waals surface area contributed by atoms with Crippen LogP contribution >= 0.6 is 11.8 Å². The fourth-order valence-electron chi connectivity index (χ4n) is 5.51. The van der Waals surface area contributed by atoms with Crippen LogP contribution in [-0.4, -0.2) is 71.0 Å². The van der Waals surface area contributed by atoms with E-state index in [9.17, 15) is 24.0 Å². The Morgan fingerprint density at radius 1 is 0.681 bits per heavy atom. The molecule has 1 fully saturated rings. The van der Waals surface area contributed by atoms with Gasteiger partial charge < -0.3 is 18.9 Å². The highest BCUT2D eigenvalue weighted by molar-refractivity contribution is 7.99. The molecule has 0 bridgehead atoms. The van der Waals surface area contributed by atoms with E-state index < -0.39 is 59.5 Å². The van der Waals surface area contributed by atoms with Gasteiger partial charge in [-0.3, -0.25) is 19.3 Å². The number of esters is 3. The Morgan fingerprint density at radius 3 is 1.66 bits per heavy atom. The molecule has 6 rings (SSSR count). The van der Waals surface area contributed by atoms with Crippen LogP contribution in [0.25, 0.3) is 0 Å². The maximum absolute atomic E-state index is 14.0.